The van der Waals surface area contributed by atoms with E-state index in [9.17, 15) is 19.8 Å². The predicted molar refractivity (Wildman–Crippen MR) is 114 cm³/mol. The van der Waals surface area contributed by atoms with Crippen LogP contribution in [0.25, 0.3) is 5.69 Å². The number of hydrogen-bond donors (Lipinski definition) is 3. The van der Waals surface area contributed by atoms with Crippen LogP contribution in [0.15, 0.2) is 29.5 Å². The van der Waals surface area contributed by atoms with Crippen LogP contribution < -0.4 is 5.56 Å². The highest BCUT2D eigenvalue weighted by Gasteiger charge is 2.20. The second kappa shape index (κ2) is 9.69. The normalized spacial score (nSPS) is 12.2. The zero-order valence-electron chi connectivity index (χ0n) is 17.3. The highest BCUT2D eigenvalue weighted by molar-refractivity contribution is 6.83. The van der Waals surface area contributed by atoms with Crippen LogP contribution in [-0.4, -0.2) is 69.4 Å². The van der Waals surface area contributed by atoms with E-state index in [-0.39, 0.29) is 31.8 Å². The molecule has 0 aliphatic carbocycles. The lowest BCUT2D eigenvalue weighted by atomic mass is 10.2. The van der Waals surface area contributed by atoms with Crippen molar-refractivity contribution in [1.29, 1.82) is 0 Å². The van der Waals surface area contributed by atoms with E-state index in [1.807, 2.05) is 6.92 Å². The topological polar surface area (TPSA) is 111 Å². The van der Waals surface area contributed by atoms with E-state index in [4.69, 9.17) is 0 Å². The molecule has 2 rings (SSSR count). The Bertz CT molecular complexity index is 965. The number of aromatic amines is 1. The summed E-state index contributed by atoms with van der Waals surface area (Å²) < 4.78 is 1.58. The predicted octanol–water partition coefficient (Wildman–Crippen LogP) is 0.935. The van der Waals surface area contributed by atoms with Crippen molar-refractivity contribution in [3.63, 3.8) is 0 Å². The molecule has 2 aromatic heterocycles. The van der Waals surface area contributed by atoms with Crippen LogP contribution in [0.1, 0.15) is 22.6 Å². The third-order valence-corrected chi connectivity index (χ3v) is 4.93. The summed E-state index contributed by atoms with van der Waals surface area (Å²) in [5, 5.41) is 19.5. The third kappa shape index (κ3) is 6.71. The van der Waals surface area contributed by atoms with Crippen LogP contribution in [0.5, 0.6) is 0 Å². The second-order valence-electron chi connectivity index (χ2n) is 7.89. The van der Waals surface area contributed by atoms with Gasteiger partial charge in [-0.15, -0.1) is 11.5 Å². The smallest absolute Gasteiger partial charge is 0.272 e. The summed E-state index contributed by atoms with van der Waals surface area (Å²) in [5.74, 6) is 2.51. The molecule has 3 N–H and O–H groups in total. The molecule has 2 aromatic rings. The number of nitrogens with one attached hydrogen (secondary N) is 1. The molecule has 156 valence electrons. The minimum atomic E-state index is -1.53. The average molecular weight is 417 g/mol. The molecule has 2 heterocycles. The number of aliphatic hydroxyl groups is 2. The van der Waals surface area contributed by atoms with Crippen LogP contribution in [0.4, 0.5) is 0 Å². The van der Waals surface area contributed by atoms with Gasteiger partial charge in [0, 0.05) is 25.7 Å². The SMILES string of the molecule is Cc1cn(-c2ccc(C(=O)N(CCO)CC(O)CC#C[Si](C)(C)C)[nH]c2=O)cn1. The molecule has 0 bridgehead atoms. The largest absolute Gasteiger partial charge is 0.395 e. The van der Waals surface area contributed by atoms with Crippen molar-refractivity contribution in [2.75, 3.05) is 19.7 Å². The molecule has 0 aliphatic rings. The Morgan fingerprint density at radius 1 is 1.38 bits per heavy atom. The van der Waals surface area contributed by atoms with E-state index in [0.717, 1.165) is 5.69 Å². The van der Waals surface area contributed by atoms with Crippen molar-refractivity contribution < 1.29 is 15.0 Å². The summed E-state index contributed by atoms with van der Waals surface area (Å²) in [6.07, 6.45) is 2.64. The van der Waals surface area contributed by atoms with Crippen molar-refractivity contribution in [2.24, 2.45) is 0 Å². The molecule has 0 aromatic carbocycles. The van der Waals surface area contributed by atoms with E-state index < -0.39 is 25.6 Å². The van der Waals surface area contributed by atoms with Gasteiger partial charge in [-0.2, -0.15) is 0 Å². The van der Waals surface area contributed by atoms with E-state index in [0.29, 0.717) is 5.69 Å². The van der Waals surface area contributed by atoms with Gasteiger partial charge in [-0.1, -0.05) is 19.6 Å². The van der Waals surface area contributed by atoms with Gasteiger partial charge in [0.2, 0.25) is 0 Å². The number of carbonyl (C=O) groups excluding carboxylic acids is 1. The Balaban J connectivity index is 2.14. The summed E-state index contributed by atoms with van der Waals surface area (Å²) in [5.41, 5.74) is 3.94. The van der Waals surface area contributed by atoms with E-state index in [2.05, 4.69) is 41.1 Å². The van der Waals surface area contributed by atoms with E-state index in [1.165, 1.54) is 17.3 Å². The van der Waals surface area contributed by atoms with Gasteiger partial charge in [-0.3, -0.25) is 9.59 Å². The number of aryl methyl sites for hydroxylation is 1. The van der Waals surface area contributed by atoms with Gasteiger partial charge in [0.1, 0.15) is 19.5 Å². The Morgan fingerprint density at radius 3 is 2.66 bits per heavy atom. The number of aromatic nitrogens is 3. The molecule has 1 amide bonds. The maximum absolute atomic E-state index is 12.8. The first kappa shape index (κ1) is 22.6. The summed E-state index contributed by atoms with van der Waals surface area (Å²) in [6.45, 7) is 7.95. The molecule has 0 saturated heterocycles. The molecule has 0 radical (unpaired) electrons. The standard InChI is InChI=1S/C20H28N4O4Si/c1-15-12-24(14-21-15)18-8-7-17(22-19(18)27)20(28)23(9-10-25)13-16(26)6-5-11-29(2,3)4/h7-8,12,14,16,25-26H,6,9-10,13H2,1-4H3,(H,22,27). The second-order valence-corrected chi connectivity index (χ2v) is 12.6. The zero-order valence-corrected chi connectivity index (χ0v) is 18.3. The Hall–Kier alpha value is -2.67. The maximum atomic E-state index is 12.8. The van der Waals surface area contributed by atoms with Gasteiger partial charge in [-0.25, -0.2) is 4.98 Å². The van der Waals surface area contributed by atoms with Crippen molar-refractivity contribution in [1.82, 2.24) is 19.4 Å². The molecule has 0 spiro atoms. The number of nitrogens with zero attached hydrogens (tertiary/aromatic N) is 3. The molecule has 29 heavy (non-hydrogen) atoms. The van der Waals surface area contributed by atoms with Crippen molar-refractivity contribution in [3.8, 4) is 17.2 Å². The number of carbonyl (C=O) groups is 1. The quantitative estimate of drug-likeness (QED) is 0.459. The summed E-state index contributed by atoms with van der Waals surface area (Å²) >= 11 is 0. The van der Waals surface area contributed by atoms with Gasteiger partial charge in [0.25, 0.3) is 11.5 Å². The first-order valence-corrected chi connectivity index (χ1v) is 12.9. The van der Waals surface area contributed by atoms with Crippen molar-refractivity contribution in [3.05, 3.63) is 46.4 Å². The first-order valence-electron chi connectivity index (χ1n) is 9.43. The van der Waals surface area contributed by atoms with Crippen molar-refractivity contribution in [2.45, 2.75) is 39.1 Å². The summed E-state index contributed by atoms with van der Waals surface area (Å²) in [7, 11) is -1.53. The first-order chi connectivity index (χ1) is 13.6. The minimum absolute atomic E-state index is 0.0181. The molecule has 1 atom stereocenters. The molecule has 9 heteroatoms. The van der Waals surface area contributed by atoms with Crippen LogP contribution >= 0.6 is 0 Å². The van der Waals surface area contributed by atoms with E-state index in [1.54, 1.807) is 16.8 Å². The number of rotatable bonds is 7. The minimum Gasteiger partial charge on any atom is -0.395 e. The zero-order chi connectivity index (χ0) is 21.6. The van der Waals surface area contributed by atoms with Gasteiger partial charge < -0.3 is 24.7 Å². The lowest BCUT2D eigenvalue weighted by Gasteiger charge is -2.24. The lowest BCUT2D eigenvalue weighted by Crippen LogP contribution is -2.40. The van der Waals surface area contributed by atoms with Gasteiger partial charge in [0.15, 0.2) is 0 Å². The van der Waals surface area contributed by atoms with Gasteiger partial charge in [-0.05, 0) is 19.1 Å². The Labute approximate surface area is 171 Å². The number of H-pyrrole nitrogens is 1. The Kier molecular flexibility index (Phi) is 7.56. The van der Waals surface area contributed by atoms with Crippen LogP contribution in [0.2, 0.25) is 19.6 Å². The fourth-order valence-electron chi connectivity index (χ4n) is 2.67. The molecular weight excluding hydrogens is 388 g/mol. The number of pyridine rings is 1. The highest BCUT2D eigenvalue weighted by Crippen LogP contribution is 2.08. The molecule has 8 nitrogen and oxygen atoms in total. The number of aliphatic hydroxyl groups excluding tert-OH is 2. The van der Waals surface area contributed by atoms with Crippen LogP contribution in [0, 0.1) is 18.4 Å². The fourth-order valence-corrected chi connectivity index (χ4v) is 3.30. The monoisotopic (exact) mass is 416 g/mol. The summed E-state index contributed by atoms with van der Waals surface area (Å²) in [4.78, 5) is 33.2. The molecular formula is C20H28N4O4Si. The maximum Gasteiger partial charge on any atom is 0.272 e. The number of amides is 1. The van der Waals surface area contributed by atoms with Crippen molar-refractivity contribution >= 4 is 14.0 Å². The molecule has 0 fully saturated rings. The average Bonchev–Trinajstić information content (AvgIpc) is 3.05. The Morgan fingerprint density at radius 2 is 2.10 bits per heavy atom. The third-order valence-electron chi connectivity index (χ3n) is 4.00. The fraction of sp³-hybridized carbons (Fsp3) is 0.450. The molecule has 0 saturated carbocycles. The molecule has 1 unspecified atom stereocenters. The summed E-state index contributed by atoms with van der Waals surface area (Å²) in [6, 6.07) is 3.05. The lowest BCUT2D eigenvalue weighted by molar-refractivity contribution is 0.0581. The number of hydrogen-bond acceptors (Lipinski definition) is 5. The van der Waals surface area contributed by atoms with E-state index >= 15 is 0 Å². The van der Waals surface area contributed by atoms with Crippen LogP contribution in [-0.2, 0) is 0 Å². The molecule has 0 aliphatic heterocycles. The highest BCUT2D eigenvalue weighted by atomic mass is 28.3. The van der Waals surface area contributed by atoms with Gasteiger partial charge >= 0.3 is 0 Å². The van der Waals surface area contributed by atoms with Crippen LogP contribution in [0.3, 0.4) is 0 Å². The number of imidazole rings is 1. The van der Waals surface area contributed by atoms with Gasteiger partial charge in [0.05, 0.1) is 24.7 Å².